The minimum atomic E-state index is -0.361. The van der Waals surface area contributed by atoms with Gasteiger partial charge in [0.25, 0.3) is 0 Å². The van der Waals surface area contributed by atoms with Gasteiger partial charge >= 0.3 is 5.97 Å². The molecular formula is C16H25N3O2. The fourth-order valence-electron chi connectivity index (χ4n) is 2.94. The van der Waals surface area contributed by atoms with Crippen molar-refractivity contribution in [3.05, 3.63) is 29.3 Å². The van der Waals surface area contributed by atoms with E-state index in [9.17, 15) is 4.79 Å². The second kappa shape index (κ2) is 6.91. The van der Waals surface area contributed by atoms with E-state index in [0.29, 0.717) is 23.8 Å². The van der Waals surface area contributed by atoms with Gasteiger partial charge in [0.2, 0.25) is 0 Å². The highest BCUT2D eigenvalue weighted by atomic mass is 16.5. The van der Waals surface area contributed by atoms with E-state index in [2.05, 4.69) is 23.9 Å². The first-order chi connectivity index (χ1) is 10.0. The molecule has 0 saturated carbocycles. The Hall–Kier alpha value is -1.59. The number of nitrogens with zero attached hydrogens (tertiary/aromatic N) is 2. The second-order valence-electron chi connectivity index (χ2n) is 5.82. The molecule has 1 fully saturated rings. The maximum absolute atomic E-state index is 11.9. The van der Waals surface area contributed by atoms with E-state index in [0.717, 1.165) is 31.5 Å². The Morgan fingerprint density at radius 1 is 1.43 bits per heavy atom. The number of methoxy groups -OCH3 is 1. The summed E-state index contributed by atoms with van der Waals surface area (Å²) in [6.45, 7) is 2.95. The van der Waals surface area contributed by atoms with Crippen LogP contribution in [0.2, 0.25) is 0 Å². The van der Waals surface area contributed by atoms with Gasteiger partial charge < -0.3 is 15.4 Å². The number of hydrogen-bond acceptors (Lipinski definition) is 5. The molecule has 1 saturated heterocycles. The molecule has 1 aliphatic rings. The highest BCUT2D eigenvalue weighted by Crippen LogP contribution is 2.22. The molecule has 0 spiro atoms. The first-order valence-corrected chi connectivity index (χ1v) is 7.37. The Bertz CT molecular complexity index is 496. The lowest BCUT2D eigenvalue weighted by molar-refractivity contribution is 0.0598. The van der Waals surface area contributed by atoms with E-state index >= 15 is 0 Å². The zero-order chi connectivity index (χ0) is 15.4. The van der Waals surface area contributed by atoms with Crippen LogP contribution in [0.4, 0.5) is 5.69 Å². The van der Waals surface area contributed by atoms with Crippen LogP contribution in [0, 0.1) is 0 Å². The molecule has 0 unspecified atom stereocenters. The second-order valence-corrected chi connectivity index (χ2v) is 5.82. The first-order valence-electron chi connectivity index (χ1n) is 7.37. The Labute approximate surface area is 126 Å². The molecule has 21 heavy (non-hydrogen) atoms. The third-order valence-corrected chi connectivity index (χ3v) is 4.30. The first kappa shape index (κ1) is 15.8. The maximum atomic E-state index is 11.9. The van der Waals surface area contributed by atoms with Crippen molar-refractivity contribution in [1.82, 2.24) is 9.80 Å². The van der Waals surface area contributed by atoms with E-state index in [1.54, 1.807) is 6.07 Å². The lowest BCUT2D eigenvalue weighted by atomic mass is 10.0. The zero-order valence-corrected chi connectivity index (χ0v) is 13.1. The van der Waals surface area contributed by atoms with Gasteiger partial charge in [0.1, 0.15) is 0 Å². The number of benzene rings is 1. The minimum Gasteiger partial charge on any atom is -0.465 e. The number of nitrogen functional groups attached to an aromatic ring is 1. The molecular weight excluding hydrogens is 266 g/mol. The molecule has 0 aliphatic carbocycles. The number of piperidine rings is 1. The number of anilines is 1. The summed E-state index contributed by atoms with van der Waals surface area (Å²) in [6, 6.07) is 6.13. The van der Waals surface area contributed by atoms with Crippen LogP contribution in [0.5, 0.6) is 0 Å². The highest BCUT2D eigenvalue weighted by Gasteiger charge is 2.23. The molecule has 5 heteroatoms. The number of ether oxygens (including phenoxy) is 1. The lowest BCUT2D eigenvalue weighted by Crippen LogP contribution is -2.41. The summed E-state index contributed by atoms with van der Waals surface area (Å²) in [7, 11) is 5.66. The molecule has 1 aliphatic heterocycles. The minimum absolute atomic E-state index is 0.361. The Balaban J connectivity index is 2.12. The Morgan fingerprint density at radius 3 is 2.71 bits per heavy atom. The SMILES string of the molecule is COC(=O)c1c(N)cccc1CN(C)C1CCN(C)CC1. The molecule has 2 N–H and O–H groups in total. The Morgan fingerprint density at radius 2 is 2.10 bits per heavy atom. The average Bonchev–Trinajstić information content (AvgIpc) is 2.47. The summed E-state index contributed by atoms with van der Waals surface area (Å²) in [5.74, 6) is -0.361. The van der Waals surface area contributed by atoms with E-state index in [1.165, 1.54) is 7.11 Å². The summed E-state index contributed by atoms with van der Waals surface area (Å²) in [5.41, 5.74) is 7.86. The molecule has 2 rings (SSSR count). The van der Waals surface area contributed by atoms with Gasteiger partial charge in [-0.05, 0) is 51.7 Å². The molecule has 1 aromatic rings. The maximum Gasteiger partial charge on any atom is 0.340 e. The van der Waals surface area contributed by atoms with Gasteiger partial charge in [0.05, 0.1) is 12.7 Å². The molecule has 0 radical (unpaired) electrons. The van der Waals surface area contributed by atoms with Gasteiger partial charge in [-0.2, -0.15) is 0 Å². The number of nitrogens with two attached hydrogens (primary N) is 1. The number of carbonyl (C=O) groups is 1. The van der Waals surface area contributed by atoms with E-state index in [-0.39, 0.29) is 5.97 Å². The molecule has 116 valence electrons. The predicted molar refractivity (Wildman–Crippen MR) is 84.2 cm³/mol. The number of rotatable bonds is 4. The number of carbonyl (C=O) groups excluding carboxylic acids is 1. The number of hydrogen-bond donors (Lipinski definition) is 1. The molecule has 0 aromatic heterocycles. The highest BCUT2D eigenvalue weighted by molar-refractivity contribution is 5.96. The van der Waals surface area contributed by atoms with Gasteiger partial charge in [0.15, 0.2) is 0 Å². The van der Waals surface area contributed by atoms with Gasteiger partial charge in [-0.3, -0.25) is 4.90 Å². The monoisotopic (exact) mass is 291 g/mol. The van der Waals surface area contributed by atoms with Crippen molar-refractivity contribution in [2.24, 2.45) is 0 Å². The molecule has 5 nitrogen and oxygen atoms in total. The van der Waals surface area contributed by atoms with Crippen LogP contribution in [0.1, 0.15) is 28.8 Å². The third-order valence-electron chi connectivity index (χ3n) is 4.30. The van der Waals surface area contributed by atoms with Crippen LogP contribution >= 0.6 is 0 Å². The van der Waals surface area contributed by atoms with E-state index in [4.69, 9.17) is 10.5 Å². The van der Waals surface area contributed by atoms with Crippen LogP contribution in [-0.4, -0.2) is 56.1 Å². The summed E-state index contributed by atoms with van der Waals surface area (Å²) < 4.78 is 4.85. The van der Waals surface area contributed by atoms with Gasteiger partial charge in [-0.1, -0.05) is 12.1 Å². The van der Waals surface area contributed by atoms with Crippen molar-refractivity contribution < 1.29 is 9.53 Å². The van der Waals surface area contributed by atoms with Gasteiger partial charge in [0, 0.05) is 18.3 Å². The molecule has 0 atom stereocenters. The fourth-order valence-corrected chi connectivity index (χ4v) is 2.94. The smallest absolute Gasteiger partial charge is 0.340 e. The van der Waals surface area contributed by atoms with Crippen molar-refractivity contribution in [1.29, 1.82) is 0 Å². The van der Waals surface area contributed by atoms with Crippen LogP contribution in [0.3, 0.4) is 0 Å². The molecule has 0 bridgehead atoms. The fraction of sp³-hybridized carbons (Fsp3) is 0.562. The summed E-state index contributed by atoms with van der Waals surface area (Å²) >= 11 is 0. The van der Waals surface area contributed by atoms with E-state index in [1.807, 2.05) is 12.1 Å². The predicted octanol–water partition coefficient (Wildman–Crippen LogP) is 1.58. The van der Waals surface area contributed by atoms with Crippen molar-refractivity contribution >= 4 is 11.7 Å². The number of likely N-dealkylation sites (tertiary alicyclic amines) is 1. The van der Waals surface area contributed by atoms with Crippen LogP contribution in [0.15, 0.2) is 18.2 Å². The summed E-state index contributed by atoms with van der Waals surface area (Å²) in [4.78, 5) is 16.6. The van der Waals surface area contributed by atoms with Gasteiger partial charge in [-0.15, -0.1) is 0 Å². The van der Waals surface area contributed by atoms with Crippen LogP contribution in [0.25, 0.3) is 0 Å². The van der Waals surface area contributed by atoms with E-state index < -0.39 is 0 Å². The topological polar surface area (TPSA) is 58.8 Å². The number of esters is 1. The zero-order valence-electron chi connectivity index (χ0n) is 13.1. The van der Waals surface area contributed by atoms with Crippen molar-refractivity contribution in [3.8, 4) is 0 Å². The molecule has 0 amide bonds. The quantitative estimate of drug-likeness (QED) is 0.674. The Kier molecular flexibility index (Phi) is 5.20. The van der Waals surface area contributed by atoms with Gasteiger partial charge in [-0.25, -0.2) is 4.79 Å². The van der Waals surface area contributed by atoms with Crippen LogP contribution < -0.4 is 5.73 Å². The standard InChI is InChI=1S/C16H25N3O2/c1-18-9-7-13(8-10-18)19(2)11-12-5-4-6-14(17)15(12)16(20)21-3/h4-6,13H,7-11,17H2,1-3H3. The summed E-state index contributed by atoms with van der Waals surface area (Å²) in [5, 5.41) is 0. The van der Waals surface area contributed by atoms with Crippen LogP contribution in [-0.2, 0) is 11.3 Å². The normalized spacial score (nSPS) is 17.1. The third kappa shape index (κ3) is 3.74. The largest absolute Gasteiger partial charge is 0.465 e. The van der Waals surface area contributed by atoms with Crippen molar-refractivity contribution in [3.63, 3.8) is 0 Å². The average molecular weight is 291 g/mol. The van der Waals surface area contributed by atoms with Crippen molar-refractivity contribution in [2.45, 2.75) is 25.4 Å². The van der Waals surface area contributed by atoms with Crippen molar-refractivity contribution in [2.75, 3.05) is 40.0 Å². The lowest BCUT2D eigenvalue weighted by Gasteiger charge is -2.35. The molecule has 1 aromatic carbocycles. The summed E-state index contributed by atoms with van der Waals surface area (Å²) in [6.07, 6.45) is 2.31. The molecule has 1 heterocycles.